The Balaban J connectivity index is 2.21. The van der Waals surface area contributed by atoms with Crippen LogP contribution in [-0.2, 0) is 0 Å². The van der Waals surface area contributed by atoms with Crippen molar-refractivity contribution in [3.05, 3.63) is 22.8 Å². The summed E-state index contributed by atoms with van der Waals surface area (Å²) in [5.41, 5.74) is 0.727. The first kappa shape index (κ1) is 14.1. The van der Waals surface area contributed by atoms with Gasteiger partial charge in [-0.15, -0.1) is 0 Å². The number of amides is 1. The Morgan fingerprint density at radius 3 is 2.89 bits per heavy atom. The molecule has 4 nitrogen and oxygen atoms in total. The van der Waals surface area contributed by atoms with E-state index in [0.29, 0.717) is 16.4 Å². The number of anilines is 1. The SMILES string of the molecule is CCNc1cc(C(=O)N2CCC(C)(C)C2)c(Cl)cn1. The Morgan fingerprint density at radius 2 is 2.32 bits per heavy atom. The summed E-state index contributed by atoms with van der Waals surface area (Å²) < 4.78 is 0. The molecule has 104 valence electrons. The predicted molar refractivity (Wildman–Crippen MR) is 77.7 cm³/mol. The maximum absolute atomic E-state index is 12.5. The molecule has 1 saturated heterocycles. The van der Waals surface area contributed by atoms with E-state index < -0.39 is 0 Å². The molecule has 1 N–H and O–H groups in total. The molecule has 1 aliphatic heterocycles. The average molecular weight is 282 g/mol. The molecule has 19 heavy (non-hydrogen) atoms. The van der Waals surface area contributed by atoms with Crippen molar-refractivity contribution in [2.75, 3.05) is 25.0 Å². The van der Waals surface area contributed by atoms with Crippen molar-refractivity contribution in [3.8, 4) is 0 Å². The predicted octanol–water partition coefficient (Wildman–Crippen LogP) is 3.04. The molecular weight excluding hydrogens is 262 g/mol. The van der Waals surface area contributed by atoms with Crippen LogP contribution in [0.4, 0.5) is 5.82 Å². The van der Waals surface area contributed by atoms with Gasteiger partial charge in [-0.2, -0.15) is 0 Å². The number of likely N-dealkylation sites (tertiary alicyclic amines) is 1. The Morgan fingerprint density at radius 1 is 1.58 bits per heavy atom. The molecule has 2 heterocycles. The van der Waals surface area contributed by atoms with E-state index in [0.717, 1.165) is 26.1 Å². The molecule has 2 rings (SSSR count). The molecule has 1 amide bonds. The highest BCUT2D eigenvalue weighted by atomic mass is 35.5. The zero-order valence-corrected chi connectivity index (χ0v) is 12.4. The van der Waals surface area contributed by atoms with Crippen molar-refractivity contribution >= 4 is 23.3 Å². The van der Waals surface area contributed by atoms with Crippen LogP contribution in [0.15, 0.2) is 12.3 Å². The number of carbonyl (C=O) groups excluding carboxylic acids is 1. The van der Waals surface area contributed by atoms with E-state index in [9.17, 15) is 4.79 Å². The Kier molecular flexibility index (Phi) is 3.99. The topological polar surface area (TPSA) is 45.2 Å². The van der Waals surface area contributed by atoms with Crippen LogP contribution in [0.25, 0.3) is 0 Å². The third kappa shape index (κ3) is 3.18. The number of aromatic nitrogens is 1. The fourth-order valence-corrected chi connectivity index (χ4v) is 2.52. The number of carbonyl (C=O) groups is 1. The average Bonchev–Trinajstić information content (AvgIpc) is 2.72. The van der Waals surface area contributed by atoms with E-state index in [1.54, 1.807) is 6.07 Å². The first-order valence-corrected chi connectivity index (χ1v) is 6.99. The van der Waals surface area contributed by atoms with Gasteiger partial charge in [0.05, 0.1) is 10.6 Å². The number of pyridine rings is 1. The van der Waals surface area contributed by atoms with Crippen LogP contribution in [0, 0.1) is 5.41 Å². The summed E-state index contributed by atoms with van der Waals surface area (Å²) in [4.78, 5) is 18.5. The minimum atomic E-state index is -0.00266. The van der Waals surface area contributed by atoms with E-state index in [2.05, 4.69) is 24.1 Å². The molecule has 1 fully saturated rings. The number of nitrogens with one attached hydrogen (secondary N) is 1. The van der Waals surface area contributed by atoms with E-state index in [1.165, 1.54) is 6.20 Å². The molecule has 5 heteroatoms. The van der Waals surface area contributed by atoms with Crippen molar-refractivity contribution in [2.45, 2.75) is 27.2 Å². The highest BCUT2D eigenvalue weighted by Crippen LogP contribution is 2.31. The van der Waals surface area contributed by atoms with Crippen LogP contribution in [0.1, 0.15) is 37.6 Å². The standard InChI is InChI=1S/C14H20ClN3O/c1-4-16-12-7-10(11(15)8-17-12)13(19)18-6-5-14(2,3)9-18/h7-8H,4-6,9H2,1-3H3,(H,16,17). The molecule has 0 atom stereocenters. The second kappa shape index (κ2) is 5.37. The van der Waals surface area contributed by atoms with Gasteiger partial charge in [-0.25, -0.2) is 4.98 Å². The zero-order valence-electron chi connectivity index (χ0n) is 11.7. The minimum absolute atomic E-state index is 0.00266. The molecule has 1 aromatic rings. The number of hydrogen-bond acceptors (Lipinski definition) is 3. The third-order valence-corrected chi connectivity index (χ3v) is 3.71. The van der Waals surface area contributed by atoms with Gasteiger partial charge in [0.25, 0.3) is 5.91 Å². The van der Waals surface area contributed by atoms with Gasteiger partial charge in [0.15, 0.2) is 0 Å². The van der Waals surface area contributed by atoms with E-state index in [1.807, 2.05) is 11.8 Å². The van der Waals surface area contributed by atoms with Crippen LogP contribution in [0.2, 0.25) is 5.02 Å². The number of rotatable bonds is 3. The Labute approximate surface area is 119 Å². The van der Waals surface area contributed by atoms with Gasteiger partial charge in [-0.1, -0.05) is 25.4 Å². The van der Waals surface area contributed by atoms with Gasteiger partial charge in [0.2, 0.25) is 0 Å². The van der Waals surface area contributed by atoms with Gasteiger partial charge >= 0.3 is 0 Å². The molecule has 0 unspecified atom stereocenters. The van der Waals surface area contributed by atoms with Crippen molar-refractivity contribution in [1.29, 1.82) is 0 Å². The first-order valence-electron chi connectivity index (χ1n) is 6.61. The molecule has 0 aliphatic carbocycles. The molecule has 1 aromatic heterocycles. The summed E-state index contributed by atoms with van der Waals surface area (Å²) in [5, 5.41) is 3.51. The monoisotopic (exact) mass is 281 g/mol. The van der Waals surface area contributed by atoms with Crippen molar-refractivity contribution in [1.82, 2.24) is 9.88 Å². The summed E-state index contributed by atoms with van der Waals surface area (Å²) in [6.07, 6.45) is 2.56. The molecule has 1 aliphatic rings. The lowest BCUT2D eigenvalue weighted by molar-refractivity contribution is 0.0778. The van der Waals surface area contributed by atoms with Crippen molar-refractivity contribution in [3.63, 3.8) is 0 Å². The van der Waals surface area contributed by atoms with Crippen LogP contribution >= 0.6 is 11.6 Å². The lowest BCUT2D eigenvalue weighted by Crippen LogP contribution is -2.30. The highest BCUT2D eigenvalue weighted by molar-refractivity contribution is 6.33. The summed E-state index contributed by atoms with van der Waals surface area (Å²) in [6.45, 7) is 8.68. The van der Waals surface area contributed by atoms with Crippen molar-refractivity contribution < 1.29 is 4.79 Å². The van der Waals surface area contributed by atoms with Crippen molar-refractivity contribution in [2.24, 2.45) is 5.41 Å². The number of nitrogens with zero attached hydrogens (tertiary/aromatic N) is 2. The summed E-state index contributed by atoms with van der Waals surface area (Å²) >= 11 is 6.10. The smallest absolute Gasteiger partial charge is 0.255 e. The highest BCUT2D eigenvalue weighted by Gasteiger charge is 2.33. The molecule has 0 radical (unpaired) electrons. The summed E-state index contributed by atoms with van der Waals surface area (Å²) in [5.74, 6) is 0.686. The number of hydrogen-bond donors (Lipinski definition) is 1. The fraction of sp³-hybridized carbons (Fsp3) is 0.571. The van der Waals surface area contributed by atoms with Gasteiger partial charge in [-0.05, 0) is 24.8 Å². The third-order valence-electron chi connectivity index (χ3n) is 3.41. The van der Waals surface area contributed by atoms with Gasteiger partial charge in [0.1, 0.15) is 5.82 Å². The molecule has 0 spiro atoms. The quantitative estimate of drug-likeness (QED) is 0.926. The Hall–Kier alpha value is -1.29. The van der Waals surface area contributed by atoms with Crippen LogP contribution < -0.4 is 5.32 Å². The molecule has 0 bridgehead atoms. The fourth-order valence-electron chi connectivity index (χ4n) is 2.34. The van der Waals surface area contributed by atoms with E-state index in [4.69, 9.17) is 11.6 Å². The second-order valence-electron chi connectivity index (χ2n) is 5.72. The maximum Gasteiger partial charge on any atom is 0.255 e. The summed E-state index contributed by atoms with van der Waals surface area (Å²) in [6, 6.07) is 1.74. The van der Waals surface area contributed by atoms with Gasteiger partial charge in [-0.3, -0.25) is 4.79 Å². The van der Waals surface area contributed by atoms with E-state index in [-0.39, 0.29) is 11.3 Å². The van der Waals surface area contributed by atoms with Gasteiger partial charge < -0.3 is 10.2 Å². The lowest BCUT2D eigenvalue weighted by Gasteiger charge is -2.20. The Bertz CT molecular complexity index is 488. The summed E-state index contributed by atoms with van der Waals surface area (Å²) in [7, 11) is 0. The van der Waals surface area contributed by atoms with Crippen LogP contribution in [0.5, 0.6) is 0 Å². The van der Waals surface area contributed by atoms with Gasteiger partial charge in [0, 0.05) is 25.8 Å². The van der Waals surface area contributed by atoms with E-state index >= 15 is 0 Å². The zero-order chi connectivity index (χ0) is 14.0. The second-order valence-corrected chi connectivity index (χ2v) is 6.13. The minimum Gasteiger partial charge on any atom is -0.370 e. The largest absolute Gasteiger partial charge is 0.370 e. The number of halogens is 1. The van der Waals surface area contributed by atoms with Crippen LogP contribution in [-0.4, -0.2) is 35.4 Å². The maximum atomic E-state index is 12.5. The first-order chi connectivity index (χ1) is 8.93. The molecule has 0 aromatic carbocycles. The molecule has 0 saturated carbocycles. The normalized spacial score (nSPS) is 17.6. The van der Waals surface area contributed by atoms with Crippen LogP contribution in [0.3, 0.4) is 0 Å². The lowest BCUT2D eigenvalue weighted by atomic mass is 9.93. The molecular formula is C14H20ClN3O.